The molecule has 0 spiro atoms. The number of aromatic nitrogens is 3. The number of benzene rings is 1. The highest BCUT2D eigenvalue weighted by Gasteiger charge is 2.36. The number of ether oxygens (including phenoxy) is 2. The first-order valence-corrected chi connectivity index (χ1v) is 8.17. The number of hydrogen-bond acceptors (Lipinski definition) is 4. The van der Waals surface area contributed by atoms with E-state index in [4.69, 9.17) is 9.47 Å². The fraction of sp³-hybridized carbons (Fsp3) is 0.250. The van der Waals surface area contributed by atoms with Crippen molar-refractivity contribution in [3.8, 4) is 22.8 Å². The molecule has 0 atom stereocenters. The molecule has 0 bridgehead atoms. The lowest BCUT2D eigenvalue weighted by molar-refractivity contribution is -0.142. The van der Waals surface area contributed by atoms with Crippen molar-refractivity contribution >= 4 is 21.6 Å². The largest absolute Gasteiger partial charge is 0.486 e. The van der Waals surface area contributed by atoms with Crippen molar-refractivity contribution in [3.63, 3.8) is 0 Å². The molecule has 0 fully saturated rings. The Morgan fingerprint density at radius 2 is 1.84 bits per heavy atom. The molecule has 25 heavy (non-hydrogen) atoms. The summed E-state index contributed by atoms with van der Waals surface area (Å²) in [7, 11) is 0. The number of hydrogen-bond donors (Lipinski definition) is 0. The van der Waals surface area contributed by atoms with E-state index in [1.165, 1.54) is 0 Å². The van der Waals surface area contributed by atoms with Gasteiger partial charge in [0.25, 0.3) is 0 Å². The SMILES string of the molecule is Cc1nn2c(C(F)(F)F)cc(-c3ccc4c(c3)OCCO4)nc2c1Br. The topological polar surface area (TPSA) is 48.7 Å². The van der Waals surface area contributed by atoms with Gasteiger partial charge < -0.3 is 9.47 Å². The molecular formula is C16H11BrF3N3O2. The average Bonchev–Trinajstić information content (AvgIpc) is 2.87. The first-order chi connectivity index (χ1) is 11.8. The minimum atomic E-state index is -4.57. The van der Waals surface area contributed by atoms with Gasteiger partial charge in [-0.3, -0.25) is 0 Å². The molecule has 0 amide bonds. The standard InChI is InChI=1S/C16H11BrF3N3O2/c1-8-14(17)15-21-10(7-13(16(18,19)20)23(15)22-8)9-2-3-11-12(6-9)25-5-4-24-11/h2-3,6-7H,4-5H2,1H3. The lowest BCUT2D eigenvalue weighted by atomic mass is 10.1. The highest BCUT2D eigenvalue weighted by Crippen LogP contribution is 2.37. The van der Waals surface area contributed by atoms with E-state index in [0.29, 0.717) is 40.4 Å². The molecule has 5 nitrogen and oxygen atoms in total. The smallest absolute Gasteiger partial charge is 0.433 e. The molecule has 130 valence electrons. The molecule has 1 aromatic carbocycles. The van der Waals surface area contributed by atoms with E-state index in [-0.39, 0.29) is 11.3 Å². The minimum absolute atomic E-state index is 0.109. The van der Waals surface area contributed by atoms with E-state index in [2.05, 4.69) is 26.0 Å². The van der Waals surface area contributed by atoms with Crippen molar-refractivity contribution in [3.05, 3.63) is 40.1 Å². The molecule has 0 aliphatic carbocycles. The van der Waals surface area contributed by atoms with E-state index in [9.17, 15) is 13.2 Å². The highest BCUT2D eigenvalue weighted by molar-refractivity contribution is 9.10. The van der Waals surface area contributed by atoms with Crippen LogP contribution in [0.1, 0.15) is 11.4 Å². The van der Waals surface area contributed by atoms with Gasteiger partial charge >= 0.3 is 6.18 Å². The predicted octanol–water partition coefficient (Wildman–Crippen LogP) is 4.26. The summed E-state index contributed by atoms with van der Waals surface area (Å²) in [5.74, 6) is 1.05. The molecule has 3 heterocycles. The third-order valence-corrected chi connectivity index (χ3v) is 4.75. The van der Waals surface area contributed by atoms with Crippen LogP contribution in [-0.2, 0) is 6.18 Å². The zero-order chi connectivity index (χ0) is 17.8. The molecule has 0 radical (unpaired) electrons. The Kier molecular flexibility index (Phi) is 3.64. The summed E-state index contributed by atoms with van der Waals surface area (Å²) in [5.41, 5.74) is 0.325. The normalized spacial score (nSPS) is 14.1. The number of rotatable bonds is 1. The Morgan fingerprint density at radius 3 is 2.56 bits per heavy atom. The number of aryl methyl sites for hydroxylation is 1. The van der Waals surface area contributed by atoms with Crippen molar-refractivity contribution in [1.29, 1.82) is 0 Å². The maximum Gasteiger partial charge on any atom is 0.433 e. The van der Waals surface area contributed by atoms with Crippen LogP contribution < -0.4 is 9.47 Å². The van der Waals surface area contributed by atoms with Crippen LogP contribution in [0.4, 0.5) is 13.2 Å². The van der Waals surface area contributed by atoms with Gasteiger partial charge in [-0.1, -0.05) is 0 Å². The molecule has 1 aliphatic rings. The number of alkyl halides is 3. The summed E-state index contributed by atoms with van der Waals surface area (Å²) >= 11 is 3.26. The van der Waals surface area contributed by atoms with Crippen LogP contribution in [-0.4, -0.2) is 27.8 Å². The number of halogens is 4. The second kappa shape index (κ2) is 5.62. The second-order valence-electron chi connectivity index (χ2n) is 5.52. The molecule has 0 saturated carbocycles. The van der Waals surface area contributed by atoms with Gasteiger partial charge in [0.2, 0.25) is 0 Å². The zero-order valence-corrected chi connectivity index (χ0v) is 14.5. The van der Waals surface area contributed by atoms with Gasteiger partial charge in [0, 0.05) is 5.56 Å². The maximum absolute atomic E-state index is 13.5. The Hall–Kier alpha value is -2.29. The van der Waals surface area contributed by atoms with E-state index < -0.39 is 11.9 Å². The van der Waals surface area contributed by atoms with Crippen LogP contribution in [0.5, 0.6) is 11.5 Å². The molecule has 1 aliphatic heterocycles. The van der Waals surface area contributed by atoms with E-state index in [0.717, 1.165) is 10.6 Å². The van der Waals surface area contributed by atoms with Crippen molar-refractivity contribution in [1.82, 2.24) is 14.6 Å². The van der Waals surface area contributed by atoms with Crippen LogP contribution in [0.15, 0.2) is 28.7 Å². The van der Waals surface area contributed by atoms with Crippen molar-refractivity contribution in [2.24, 2.45) is 0 Å². The lowest BCUT2D eigenvalue weighted by Gasteiger charge is -2.19. The Bertz CT molecular complexity index is 985. The summed E-state index contributed by atoms with van der Waals surface area (Å²) in [4.78, 5) is 4.35. The van der Waals surface area contributed by atoms with E-state index in [1.54, 1.807) is 25.1 Å². The number of fused-ring (bicyclic) bond motifs is 2. The van der Waals surface area contributed by atoms with Gasteiger partial charge in [-0.15, -0.1) is 0 Å². The van der Waals surface area contributed by atoms with Gasteiger partial charge in [0.05, 0.1) is 15.9 Å². The maximum atomic E-state index is 13.5. The molecule has 0 N–H and O–H groups in total. The average molecular weight is 414 g/mol. The third kappa shape index (κ3) is 2.72. The van der Waals surface area contributed by atoms with Gasteiger partial charge in [0.1, 0.15) is 13.2 Å². The number of nitrogens with zero attached hydrogens (tertiary/aromatic N) is 3. The third-order valence-electron chi connectivity index (χ3n) is 3.82. The van der Waals surface area contributed by atoms with Crippen molar-refractivity contribution < 1.29 is 22.6 Å². The first kappa shape index (κ1) is 16.2. The summed E-state index contributed by atoms with van der Waals surface area (Å²) in [6.45, 7) is 2.45. The summed E-state index contributed by atoms with van der Waals surface area (Å²) < 4.78 is 52.6. The van der Waals surface area contributed by atoms with Crippen LogP contribution in [0.2, 0.25) is 0 Å². The molecule has 0 unspecified atom stereocenters. The monoisotopic (exact) mass is 413 g/mol. The molecule has 9 heteroatoms. The predicted molar refractivity (Wildman–Crippen MR) is 86.9 cm³/mol. The van der Waals surface area contributed by atoms with Crippen LogP contribution in [0, 0.1) is 6.92 Å². The molecular weight excluding hydrogens is 403 g/mol. The summed E-state index contributed by atoms with van der Waals surface area (Å²) in [6.07, 6.45) is -4.57. The van der Waals surface area contributed by atoms with Gasteiger partial charge in [-0.2, -0.15) is 18.3 Å². The minimum Gasteiger partial charge on any atom is -0.486 e. The quantitative estimate of drug-likeness (QED) is 0.598. The van der Waals surface area contributed by atoms with Crippen LogP contribution in [0.25, 0.3) is 16.9 Å². The first-order valence-electron chi connectivity index (χ1n) is 7.37. The van der Waals surface area contributed by atoms with Crippen LogP contribution in [0.3, 0.4) is 0 Å². The Labute approximate surface area is 148 Å². The second-order valence-corrected chi connectivity index (χ2v) is 6.31. The Morgan fingerprint density at radius 1 is 1.12 bits per heavy atom. The van der Waals surface area contributed by atoms with E-state index >= 15 is 0 Å². The fourth-order valence-electron chi connectivity index (χ4n) is 2.65. The lowest BCUT2D eigenvalue weighted by Crippen LogP contribution is -2.15. The Balaban J connectivity index is 1.94. The molecule has 4 rings (SSSR count). The van der Waals surface area contributed by atoms with Gasteiger partial charge in [-0.05, 0) is 47.1 Å². The van der Waals surface area contributed by atoms with Crippen molar-refractivity contribution in [2.75, 3.05) is 13.2 Å². The summed E-state index contributed by atoms with van der Waals surface area (Å²) in [5, 5.41) is 3.93. The highest BCUT2D eigenvalue weighted by atomic mass is 79.9. The van der Waals surface area contributed by atoms with E-state index in [1.807, 2.05) is 0 Å². The molecule has 0 saturated heterocycles. The van der Waals surface area contributed by atoms with Gasteiger partial charge in [0.15, 0.2) is 22.8 Å². The molecule has 2 aromatic heterocycles. The van der Waals surface area contributed by atoms with Crippen LogP contribution >= 0.6 is 15.9 Å². The van der Waals surface area contributed by atoms with Crippen molar-refractivity contribution in [2.45, 2.75) is 13.1 Å². The molecule has 3 aromatic rings. The fourth-order valence-corrected chi connectivity index (χ4v) is 2.99. The zero-order valence-electron chi connectivity index (χ0n) is 12.9. The summed E-state index contributed by atoms with van der Waals surface area (Å²) in [6, 6.07) is 5.94. The van der Waals surface area contributed by atoms with Gasteiger partial charge in [-0.25, -0.2) is 9.50 Å².